The predicted molar refractivity (Wildman–Crippen MR) is 75.8 cm³/mol. The van der Waals surface area contributed by atoms with Crippen molar-refractivity contribution in [3.8, 4) is 0 Å². The zero-order valence-electron chi connectivity index (χ0n) is 9.80. The van der Waals surface area contributed by atoms with Crippen LogP contribution in [-0.2, 0) is 13.0 Å². The quantitative estimate of drug-likeness (QED) is 0.743. The minimum atomic E-state index is 0.683. The van der Waals surface area contributed by atoms with Crippen LogP contribution < -0.4 is 0 Å². The van der Waals surface area contributed by atoms with Gasteiger partial charge in [-0.25, -0.2) is 14.6 Å². The lowest BCUT2D eigenvalue weighted by Crippen LogP contribution is -2.02. The first-order valence-corrected chi connectivity index (χ1v) is 7.34. The summed E-state index contributed by atoms with van der Waals surface area (Å²) < 4.78 is 2.86. The summed E-state index contributed by atoms with van der Waals surface area (Å²) in [4.78, 5) is 8.94. The molecule has 0 amide bonds. The normalized spacial score (nSPS) is 11.2. The molecule has 0 aromatic carbocycles. The van der Waals surface area contributed by atoms with E-state index >= 15 is 0 Å². The fourth-order valence-electron chi connectivity index (χ4n) is 1.77. The lowest BCUT2D eigenvalue weighted by atomic mass is 10.4. The van der Waals surface area contributed by atoms with Crippen molar-refractivity contribution < 1.29 is 0 Å². The van der Waals surface area contributed by atoms with Gasteiger partial charge >= 0.3 is 0 Å². The summed E-state index contributed by atoms with van der Waals surface area (Å²) in [5.74, 6) is 0. The average molecular weight is 323 g/mol. The smallest absolute Gasteiger partial charge is 0.158 e. The number of fused-ring (bicyclic) bond motifs is 1. The molecule has 0 saturated heterocycles. The molecule has 18 heavy (non-hydrogen) atoms. The summed E-state index contributed by atoms with van der Waals surface area (Å²) in [6.45, 7) is 2.80. The van der Waals surface area contributed by atoms with Crippen LogP contribution in [0.25, 0.3) is 11.0 Å². The van der Waals surface area contributed by atoms with Gasteiger partial charge in [-0.15, -0.1) is 11.3 Å². The van der Waals surface area contributed by atoms with Crippen molar-refractivity contribution in [2.45, 2.75) is 19.9 Å². The first-order chi connectivity index (χ1) is 8.76. The highest BCUT2D eigenvalue weighted by Gasteiger charge is 2.07. The van der Waals surface area contributed by atoms with Crippen LogP contribution in [0.5, 0.6) is 0 Å². The maximum Gasteiger partial charge on any atom is 0.158 e. The molecule has 3 rings (SSSR count). The van der Waals surface area contributed by atoms with Crippen molar-refractivity contribution >= 4 is 38.3 Å². The molecular formula is C12H11BrN4S. The largest absolute Gasteiger partial charge is 0.244 e. The van der Waals surface area contributed by atoms with Gasteiger partial charge in [0.15, 0.2) is 5.65 Å². The molecule has 0 atom stereocenters. The monoisotopic (exact) mass is 322 g/mol. The van der Waals surface area contributed by atoms with Crippen LogP contribution in [0, 0.1) is 0 Å². The standard InChI is InChI=1S/C12H11BrN4S/c1-2-10-7-18-11(16-10)6-17-12-8(4-15-17)3-9(13)5-14-12/h3-5,7H,2,6H2,1H3. The third kappa shape index (κ3) is 2.18. The molecule has 3 aromatic heterocycles. The van der Waals surface area contributed by atoms with Crippen LogP contribution >= 0.6 is 27.3 Å². The maximum absolute atomic E-state index is 4.55. The van der Waals surface area contributed by atoms with Gasteiger partial charge in [0.05, 0.1) is 18.4 Å². The van der Waals surface area contributed by atoms with Crippen molar-refractivity contribution in [3.63, 3.8) is 0 Å². The van der Waals surface area contributed by atoms with E-state index in [1.54, 1.807) is 17.5 Å². The van der Waals surface area contributed by atoms with Gasteiger partial charge in [0.25, 0.3) is 0 Å². The highest BCUT2D eigenvalue weighted by atomic mass is 79.9. The minimum Gasteiger partial charge on any atom is -0.244 e. The first-order valence-electron chi connectivity index (χ1n) is 5.66. The van der Waals surface area contributed by atoms with Gasteiger partial charge in [0, 0.05) is 21.4 Å². The van der Waals surface area contributed by atoms with Gasteiger partial charge in [-0.2, -0.15) is 5.10 Å². The van der Waals surface area contributed by atoms with Gasteiger partial charge in [0.2, 0.25) is 0 Å². The number of rotatable bonds is 3. The van der Waals surface area contributed by atoms with Gasteiger partial charge in [-0.3, -0.25) is 0 Å². The van der Waals surface area contributed by atoms with Gasteiger partial charge in [-0.1, -0.05) is 6.92 Å². The van der Waals surface area contributed by atoms with E-state index in [-0.39, 0.29) is 0 Å². The van der Waals surface area contributed by atoms with Crippen molar-refractivity contribution in [2.24, 2.45) is 0 Å². The number of hydrogen-bond acceptors (Lipinski definition) is 4. The molecule has 3 aromatic rings. The molecule has 6 heteroatoms. The number of aryl methyl sites for hydroxylation is 1. The second kappa shape index (κ2) is 4.78. The number of halogens is 1. The summed E-state index contributed by atoms with van der Waals surface area (Å²) in [5, 5.41) is 8.58. The van der Waals surface area contributed by atoms with Crippen LogP contribution in [0.15, 0.2) is 28.3 Å². The van der Waals surface area contributed by atoms with Gasteiger partial charge < -0.3 is 0 Å². The summed E-state index contributed by atoms with van der Waals surface area (Å²) in [6.07, 6.45) is 4.60. The number of aromatic nitrogens is 4. The Kier molecular flexibility index (Phi) is 3.13. The van der Waals surface area contributed by atoms with Gasteiger partial charge in [0.1, 0.15) is 5.01 Å². The molecule has 0 saturated carbocycles. The summed E-state index contributed by atoms with van der Waals surface area (Å²) in [6, 6.07) is 2.02. The third-order valence-corrected chi connectivity index (χ3v) is 4.01. The third-order valence-electron chi connectivity index (χ3n) is 2.69. The zero-order valence-corrected chi connectivity index (χ0v) is 12.2. The van der Waals surface area contributed by atoms with Crippen LogP contribution in [0.2, 0.25) is 0 Å². The molecule has 0 unspecified atom stereocenters. The summed E-state index contributed by atoms with van der Waals surface area (Å²) >= 11 is 5.09. The van der Waals surface area contributed by atoms with Crippen molar-refractivity contribution in [1.29, 1.82) is 0 Å². The number of nitrogens with zero attached hydrogens (tertiary/aromatic N) is 4. The second-order valence-corrected chi connectivity index (χ2v) is 5.81. The molecule has 0 aliphatic heterocycles. The minimum absolute atomic E-state index is 0.683. The molecule has 0 N–H and O–H groups in total. The average Bonchev–Trinajstić information content (AvgIpc) is 2.97. The second-order valence-electron chi connectivity index (χ2n) is 3.95. The molecule has 0 bridgehead atoms. The van der Waals surface area contributed by atoms with E-state index in [2.05, 4.69) is 43.3 Å². The molecule has 4 nitrogen and oxygen atoms in total. The molecule has 3 heterocycles. The Hall–Kier alpha value is -1.27. The van der Waals surface area contributed by atoms with Crippen LogP contribution in [0.4, 0.5) is 0 Å². The van der Waals surface area contributed by atoms with Crippen LogP contribution in [0.1, 0.15) is 17.6 Å². The number of pyridine rings is 1. The number of hydrogen-bond donors (Lipinski definition) is 0. The predicted octanol–water partition coefficient (Wildman–Crippen LogP) is 3.26. The molecule has 92 valence electrons. The topological polar surface area (TPSA) is 43.6 Å². The molecular weight excluding hydrogens is 312 g/mol. The fraction of sp³-hybridized carbons (Fsp3) is 0.250. The first kappa shape index (κ1) is 11.8. The Morgan fingerprint density at radius 2 is 2.28 bits per heavy atom. The Bertz CT molecular complexity index is 688. The van der Waals surface area contributed by atoms with E-state index in [4.69, 9.17) is 0 Å². The molecule has 0 aliphatic rings. The van der Waals surface area contributed by atoms with E-state index in [0.717, 1.165) is 32.6 Å². The zero-order chi connectivity index (χ0) is 12.5. The van der Waals surface area contributed by atoms with E-state index in [1.165, 1.54) is 0 Å². The fourth-order valence-corrected chi connectivity index (χ4v) is 2.98. The Morgan fingerprint density at radius 3 is 3.06 bits per heavy atom. The molecule has 0 radical (unpaired) electrons. The highest BCUT2D eigenvalue weighted by molar-refractivity contribution is 9.10. The van der Waals surface area contributed by atoms with Crippen LogP contribution in [0.3, 0.4) is 0 Å². The Labute approximate surface area is 117 Å². The lowest BCUT2D eigenvalue weighted by Gasteiger charge is -1.99. The van der Waals surface area contributed by atoms with E-state index in [9.17, 15) is 0 Å². The van der Waals surface area contributed by atoms with Crippen LogP contribution in [-0.4, -0.2) is 19.7 Å². The van der Waals surface area contributed by atoms with Crippen molar-refractivity contribution in [2.75, 3.05) is 0 Å². The Balaban J connectivity index is 1.95. The van der Waals surface area contributed by atoms with Crippen molar-refractivity contribution in [1.82, 2.24) is 19.7 Å². The maximum atomic E-state index is 4.55. The molecule has 0 fully saturated rings. The summed E-state index contributed by atoms with van der Waals surface area (Å²) in [5.41, 5.74) is 2.04. The Morgan fingerprint density at radius 1 is 1.39 bits per heavy atom. The SMILES string of the molecule is CCc1csc(Cn2ncc3cc(Br)cnc32)n1. The van der Waals surface area contributed by atoms with E-state index in [1.807, 2.05) is 16.9 Å². The van der Waals surface area contributed by atoms with E-state index in [0.29, 0.717) is 6.54 Å². The summed E-state index contributed by atoms with van der Waals surface area (Å²) in [7, 11) is 0. The molecule has 0 aliphatic carbocycles. The van der Waals surface area contributed by atoms with E-state index < -0.39 is 0 Å². The molecule has 0 spiro atoms. The lowest BCUT2D eigenvalue weighted by molar-refractivity contribution is 0.698. The van der Waals surface area contributed by atoms with Gasteiger partial charge in [-0.05, 0) is 28.4 Å². The highest BCUT2D eigenvalue weighted by Crippen LogP contribution is 2.18. The number of thiazole rings is 1. The van der Waals surface area contributed by atoms with Crippen molar-refractivity contribution in [3.05, 3.63) is 39.0 Å².